The van der Waals surface area contributed by atoms with Crippen LogP contribution in [0.3, 0.4) is 0 Å². The summed E-state index contributed by atoms with van der Waals surface area (Å²) in [6.07, 6.45) is 0. The van der Waals surface area contributed by atoms with Crippen molar-refractivity contribution in [2.75, 3.05) is 0 Å². The predicted molar refractivity (Wildman–Crippen MR) is 55.6 cm³/mol. The minimum absolute atomic E-state index is 0.0377. The number of hydrogen-bond acceptors (Lipinski definition) is 5. The second-order valence-electron chi connectivity index (χ2n) is 2.94. The van der Waals surface area contributed by atoms with Crippen LogP contribution in [-0.4, -0.2) is 13.3 Å². The van der Waals surface area contributed by atoms with Crippen LogP contribution in [0.5, 0.6) is 0 Å². The first kappa shape index (κ1) is 12.4. The molecule has 0 N–H and O–H groups in total. The van der Waals surface area contributed by atoms with Crippen LogP contribution in [0.15, 0.2) is 17.0 Å². The molecule has 0 atom stereocenters. The zero-order valence-electron chi connectivity index (χ0n) is 7.97. The summed E-state index contributed by atoms with van der Waals surface area (Å²) >= 11 is 0. The van der Waals surface area contributed by atoms with Crippen molar-refractivity contribution in [2.45, 2.75) is 11.8 Å². The van der Waals surface area contributed by atoms with Crippen LogP contribution >= 0.6 is 10.7 Å². The van der Waals surface area contributed by atoms with Gasteiger partial charge in [0.1, 0.15) is 0 Å². The molecule has 0 aliphatic carbocycles. The molecule has 0 bridgehead atoms. The first-order valence-corrected chi connectivity index (χ1v) is 6.22. The number of rotatable bonds is 2. The normalized spacial score (nSPS) is 10.8. The third kappa shape index (κ3) is 2.29. The van der Waals surface area contributed by atoms with Crippen molar-refractivity contribution in [2.24, 2.45) is 0 Å². The van der Waals surface area contributed by atoms with Crippen LogP contribution in [-0.2, 0) is 9.05 Å². The summed E-state index contributed by atoms with van der Waals surface area (Å²) in [7, 11) is 0.855. The van der Waals surface area contributed by atoms with E-state index in [0.29, 0.717) is 5.56 Å². The van der Waals surface area contributed by atoms with Gasteiger partial charge in [-0.1, -0.05) is 0 Å². The summed E-state index contributed by atoms with van der Waals surface area (Å²) < 4.78 is 22.2. The molecule has 0 saturated heterocycles. The summed E-state index contributed by atoms with van der Waals surface area (Å²) in [6, 6.07) is 3.63. The summed E-state index contributed by atoms with van der Waals surface area (Å²) in [5, 5.41) is 19.3. The van der Waals surface area contributed by atoms with Gasteiger partial charge in [0, 0.05) is 16.7 Å². The largest absolute Gasteiger partial charge is 0.290 e. The number of nitrogens with zero attached hydrogens (tertiary/aromatic N) is 2. The Kier molecular flexibility index (Phi) is 3.16. The van der Waals surface area contributed by atoms with Crippen molar-refractivity contribution in [3.8, 4) is 6.07 Å². The van der Waals surface area contributed by atoms with Gasteiger partial charge in [-0.3, -0.25) is 10.1 Å². The lowest BCUT2D eigenvalue weighted by Gasteiger charge is -2.02. The average molecular weight is 261 g/mol. The summed E-state index contributed by atoms with van der Waals surface area (Å²) in [4.78, 5) is 9.13. The number of nitriles is 1. The Labute approximate surface area is 95.6 Å². The number of nitro benzene ring substituents is 1. The smallest absolute Gasteiger partial charge is 0.258 e. The highest BCUT2D eigenvalue weighted by Crippen LogP contribution is 2.29. The lowest BCUT2D eigenvalue weighted by atomic mass is 10.1. The molecule has 0 saturated carbocycles. The Bertz CT molecular complexity index is 603. The maximum absolute atomic E-state index is 11.1. The fourth-order valence-corrected chi connectivity index (χ4v) is 2.20. The number of aryl methyl sites for hydroxylation is 1. The van der Waals surface area contributed by atoms with Gasteiger partial charge in [0.15, 0.2) is 4.90 Å². The van der Waals surface area contributed by atoms with Gasteiger partial charge in [0.2, 0.25) is 0 Å². The van der Waals surface area contributed by atoms with Crippen LogP contribution in [0.25, 0.3) is 0 Å². The van der Waals surface area contributed by atoms with E-state index in [9.17, 15) is 18.5 Å². The van der Waals surface area contributed by atoms with E-state index in [2.05, 4.69) is 0 Å². The van der Waals surface area contributed by atoms with E-state index in [1.54, 1.807) is 6.07 Å². The molecule has 0 unspecified atom stereocenters. The molecule has 0 aliphatic heterocycles. The van der Waals surface area contributed by atoms with Gasteiger partial charge >= 0.3 is 0 Å². The van der Waals surface area contributed by atoms with Crippen LogP contribution in [0.1, 0.15) is 11.1 Å². The van der Waals surface area contributed by atoms with Gasteiger partial charge in [0.05, 0.1) is 16.6 Å². The predicted octanol–water partition coefficient (Wildman–Crippen LogP) is 1.70. The minimum atomic E-state index is -4.20. The topological polar surface area (TPSA) is 101 Å². The number of halogens is 1. The SMILES string of the molecule is Cc1cc(S(=O)(=O)Cl)c([N+](=O)[O-])cc1C#N. The van der Waals surface area contributed by atoms with Gasteiger partial charge < -0.3 is 0 Å². The van der Waals surface area contributed by atoms with Crippen LogP contribution in [0.4, 0.5) is 5.69 Å². The second-order valence-corrected chi connectivity index (χ2v) is 5.48. The molecule has 0 aliphatic rings. The van der Waals surface area contributed by atoms with Crippen LogP contribution < -0.4 is 0 Å². The van der Waals surface area contributed by atoms with Crippen molar-refractivity contribution in [3.05, 3.63) is 33.4 Å². The highest BCUT2D eigenvalue weighted by atomic mass is 35.7. The summed E-state index contributed by atoms with van der Waals surface area (Å²) in [5.74, 6) is 0. The van der Waals surface area contributed by atoms with Crippen molar-refractivity contribution >= 4 is 25.4 Å². The molecule has 84 valence electrons. The molecule has 0 heterocycles. The monoisotopic (exact) mass is 260 g/mol. The molecule has 16 heavy (non-hydrogen) atoms. The molecular weight excluding hydrogens is 256 g/mol. The summed E-state index contributed by atoms with van der Waals surface area (Å²) in [6.45, 7) is 1.47. The van der Waals surface area contributed by atoms with Gasteiger partial charge in [-0.15, -0.1) is 0 Å². The van der Waals surface area contributed by atoms with E-state index < -0.39 is 24.6 Å². The fraction of sp³-hybridized carbons (Fsp3) is 0.125. The molecule has 8 heteroatoms. The molecule has 1 rings (SSSR count). The van der Waals surface area contributed by atoms with E-state index >= 15 is 0 Å². The molecule has 0 spiro atoms. The molecule has 1 aromatic carbocycles. The zero-order chi connectivity index (χ0) is 12.5. The molecule has 0 fully saturated rings. The maximum atomic E-state index is 11.1. The lowest BCUT2D eigenvalue weighted by Crippen LogP contribution is -2.01. The van der Waals surface area contributed by atoms with Gasteiger partial charge in [0.25, 0.3) is 14.7 Å². The first-order chi connectivity index (χ1) is 7.27. The third-order valence-corrected chi connectivity index (χ3v) is 3.24. The van der Waals surface area contributed by atoms with E-state index in [1.165, 1.54) is 6.92 Å². The van der Waals surface area contributed by atoms with E-state index in [-0.39, 0.29) is 5.56 Å². The first-order valence-electron chi connectivity index (χ1n) is 3.91. The minimum Gasteiger partial charge on any atom is -0.258 e. The Morgan fingerprint density at radius 3 is 2.44 bits per heavy atom. The van der Waals surface area contributed by atoms with Crippen molar-refractivity contribution < 1.29 is 13.3 Å². The average Bonchev–Trinajstić information content (AvgIpc) is 2.15. The van der Waals surface area contributed by atoms with Crippen molar-refractivity contribution in [3.63, 3.8) is 0 Å². The maximum Gasteiger partial charge on any atom is 0.290 e. The van der Waals surface area contributed by atoms with Gasteiger partial charge in [-0.2, -0.15) is 5.26 Å². The Hall–Kier alpha value is -1.65. The van der Waals surface area contributed by atoms with Crippen LogP contribution in [0, 0.1) is 28.4 Å². The molecule has 6 nitrogen and oxygen atoms in total. The molecule has 0 radical (unpaired) electrons. The fourth-order valence-electron chi connectivity index (χ4n) is 1.13. The zero-order valence-corrected chi connectivity index (χ0v) is 9.54. The number of nitro groups is 1. The lowest BCUT2D eigenvalue weighted by molar-refractivity contribution is -0.387. The standard InChI is InChI=1S/C8H5ClN2O4S/c1-5-2-8(16(9,14)15)7(11(12)13)3-6(5)4-10/h2-3H,1H3. The van der Waals surface area contributed by atoms with Gasteiger partial charge in [-0.25, -0.2) is 8.42 Å². The molecule has 0 amide bonds. The van der Waals surface area contributed by atoms with Crippen LogP contribution in [0.2, 0.25) is 0 Å². The Balaban J connectivity index is 3.70. The second kappa shape index (κ2) is 4.08. The van der Waals surface area contributed by atoms with E-state index in [1.807, 2.05) is 0 Å². The quantitative estimate of drug-likeness (QED) is 0.457. The molecular formula is C8H5ClN2O4S. The van der Waals surface area contributed by atoms with Gasteiger partial charge in [-0.05, 0) is 18.6 Å². The third-order valence-electron chi connectivity index (χ3n) is 1.89. The van der Waals surface area contributed by atoms with E-state index in [0.717, 1.165) is 12.1 Å². The molecule has 0 aromatic heterocycles. The highest BCUT2D eigenvalue weighted by molar-refractivity contribution is 8.13. The van der Waals surface area contributed by atoms with Crippen molar-refractivity contribution in [1.82, 2.24) is 0 Å². The number of hydrogen-bond donors (Lipinski definition) is 0. The Morgan fingerprint density at radius 2 is 2.06 bits per heavy atom. The highest BCUT2D eigenvalue weighted by Gasteiger charge is 2.25. The summed E-state index contributed by atoms with van der Waals surface area (Å²) in [5.41, 5.74) is -0.347. The molecule has 1 aromatic rings. The van der Waals surface area contributed by atoms with E-state index in [4.69, 9.17) is 15.9 Å². The Morgan fingerprint density at radius 1 is 1.50 bits per heavy atom. The van der Waals surface area contributed by atoms with Crippen molar-refractivity contribution in [1.29, 1.82) is 5.26 Å². The number of benzene rings is 1.